The van der Waals surface area contributed by atoms with E-state index in [1.165, 1.54) is 11.1 Å². The maximum Gasteiger partial charge on any atom is 0.257 e. The fourth-order valence-electron chi connectivity index (χ4n) is 3.56. The van der Waals surface area contributed by atoms with Crippen molar-refractivity contribution < 1.29 is 4.79 Å². The maximum atomic E-state index is 13.0. The normalized spacial score (nSPS) is 17.0. The molecule has 2 heterocycles. The summed E-state index contributed by atoms with van der Waals surface area (Å²) < 4.78 is 1.75. The first kappa shape index (κ1) is 14.0. The van der Waals surface area contributed by atoms with E-state index in [1.54, 1.807) is 10.7 Å². The predicted molar refractivity (Wildman–Crippen MR) is 89.4 cm³/mol. The van der Waals surface area contributed by atoms with Crippen molar-refractivity contribution in [3.63, 3.8) is 0 Å². The minimum Gasteiger partial charge on any atom is -0.335 e. The topological polar surface area (TPSA) is 37.6 Å². The molecular weight excluding hydrogens is 286 g/mol. The van der Waals surface area contributed by atoms with Gasteiger partial charge in [0.15, 0.2) is 0 Å². The van der Waals surface area contributed by atoms with Gasteiger partial charge in [-0.25, -0.2) is 4.52 Å². The van der Waals surface area contributed by atoms with E-state index in [-0.39, 0.29) is 11.9 Å². The second kappa shape index (κ2) is 5.54. The van der Waals surface area contributed by atoms with Crippen LogP contribution in [0.1, 0.15) is 40.4 Å². The van der Waals surface area contributed by atoms with Crippen LogP contribution in [0, 0.1) is 0 Å². The third kappa shape index (κ3) is 2.31. The Morgan fingerprint density at radius 3 is 2.96 bits per heavy atom. The molecule has 0 N–H and O–H groups in total. The van der Waals surface area contributed by atoms with Crippen LogP contribution in [0.5, 0.6) is 0 Å². The standard InChI is InChI=1S/C19H19N3O/c1-21(17-11-6-8-14-7-2-3-9-15(14)17)19(23)16-13-20-22-12-5-4-10-18(16)22/h2-5,7,9-10,12-13,17H,6,8,11H2,1H3/t17-/m0/s1. The molecule has 0 fully saturated rings. The number of hydrogen-bond donors (Lipinski definition) is 0. The molecule has 1 aliphatic carbocycles. The van der Waals surface area contributed by atoms with Crippen LogP contribution in [0.3, 0.4) is 0 Å². The SMILES string of the molecule is CN(C(=O)c1cnn2ccccc12)[C@H]1CCCc2ccccc21. The molecule has 4 heteroatoms. The van der Waals surface area contributed by atoms with Crippen molar-refractivity contribution in [2.45, 2.75) is 25.3 Å². The number of carbonyl (C=O) groups is 1. The van der Waals surface area contributed by atoms with Crippen molar-refractivity contribution in [3.8, 4) is 0 Å². The Bertz CT molecular complexity index is 868. The molecular formula is C19H19N3O. The van der Waals surface area contributed by atoms with Crippen LogP contribution < -0.4 is 0 Å². The van der Waals surface area contributed by atoms with Crippen LogP contribution in [0.25, 0.3) is 5.52 Å². The van der Waals surface area contributed by atoms with Crippen LogP contribution in [0.2, 0.25) is 0 Å². The predicted octanol–water partition coefficient (Wildman–Crippen LogP) is 3.48. The van der Waals surface area contributed by atoms with Crippen molar-refractivity contribution in [2.24, 2.45) is 0 Å². The minimum absolute atomic E-state index is 0.0351. The smallest absolute Gasteiger partial charge is 0.257 e. The van der Waals surface area contributed by atoms with Gasteiger partial charge in [-0.1, -0.05) is 30.3 Å². The summed E-state index contributed by atoms with van der Waals surface area (Å²) in [6.07, 6.45) is 6.77. The van der Waals surface area contributed by atoms with Gasteiger partial charge in [-0.2, -0.15) is 5.10 Å². The molecule has 4 rings (SSSR count). The molecule has 0 bridgehead atoms. The number of pyridine rings is 1. The second-order valence-electron chi connectivity index (χ2n) is 6.11. The summed E-state index contributed by atoms with van der Waals surface area (Å²) in [5.41, 5.74) is 4.17. The number of amides is 1. The zero-order valence-corrected chi connectivity index (χ0v) is 13.1. The van der Waals surface area contributed by atoms with Gasteiger partial charge in [0.25, 0.3) is 5.91 Å². The highest BCUT2D eigenvalue weighted by atomic mass is 16.2. The van der Waals surface area contributed by atoms with Crippen LogP contribution >= 0.6 is 0 Å². The molecule has 0 aliphatic heterocycles. The molecule has 0 spiro atoms. The Balaban J connectivity index is 1.70. The van der Waals surface area contributed by atoms with E-state index in [0.29, 0.717) is 5.56 Å². The van der Waals surface area contributed by atoms with E-state index in [2.05, 4.69) is 29.4 Å². The number of rotatable bonds is 2. The van der Waals surface area contributed by atoms with Crippen molar-refractivity contribution >= 4 is 11.4 Å². The van der Waals surface area contributed by atoms with Gasteiger partial charge >= 0.3 is 0 Å². The van der Waals surface area contributed by atoms with Gasteiger partial charge in [0.05, 0.1) is 23.3 Å². The van der Waals surface area contributed by atoms with E-state index in [1.807, 2.05) is 36.3 Å². The molecule has 1 amide bonds. The summed E-state index contributed by atoms with van der Waals surface area (Å²) in [5.74, 6) is 0.0351. The van der Waals surface area contributed by atoms with Crippen molar-refractivity contribution in [2.75, 3.05) is 7.05 Å². The van der Waals surface area contributed by atoms with E-state index in [9.17, 15) is 4.79 Å². The average Bonchev–Trinajstić information content (AvgIpc) is 3.04. The molecule has 23 heavy (non-hydrogen) atoms. The van der Waals surface area contributed by atoms with Gasteiger partial charge in [0, 0.05) is 13.2 Å². The molecule has 0 saturated heterocycles. The van der Waals surface area contributed by atoms with E-state index >= 15 is 0 Å². The first-order valence-corrected chi connectivity index (χ1v) is 8.03. The van der Waals surface area contributed by atoms with Crippen LogP contribution in [0.4, 0.5) is 0 Å². The number of nitrogens with zero attached hydrogens (tertiary/aromatic N) is 3. The lowest BCUT2D eigenvalue weighted by Gasteiger charge is -2.33. The minimum atomic E-state index is 0.0351. The average molecular weight is 305 g/mol. The number of hydrogen-bond acceptors (Lipinski definition) is 2. The highest BCUT2D eigenvalue weighted by molar-refractivity contribution is 6.00. The van der Waals surface area contributed by atoms with Crippen molar-refractivity contribution in [3.05, 3.63) is 71.5 Å². The molecule has 116 valence electrons. The van der Waals surface area contributed by atoms with Gasteiger partial charge in [0.2, 0.25) is 0 Å². The van der Waals surface area contributed by atoms with Crippen LogP contribution in [-0.4, -0.2) is 27.5 Å². The Morgan fingerprint density at radius 2 is 2.04 bits per heavy atom. The van der Waals surface area contributed by atoms with Gasteiger partial charge in [-0.05, 0) is 42.5 Å². The maximum absolute atomic E-state index is 13.0. The molecule has 1 aliphatic rings. The molecule has 0 unspecified atom stereocenters. The number of benzene rings is 1. The summed E-state index contributed by atoms with van der Waals surface area (Å²) in [6.45, 7) is 0. The van der Waals surface area contributed by atoms with E-state index < -0.39 is 0 Å². The number of aryl methyl sites for hydroxylation is 1. The first-order valence-electron chi connectivity index (χ1n) is 8.03. The van der Waals surface area contributed by atoms with Crippen molar-refractivity contribution in [1.82, 2.24) is 14.5 Å². The zero-order chi connectivity index (χ0) is 15.8. The van der Waals surface area contributed by atoms with E-state index in [0.717, 1.165) is 24.8 Å². The van der Waals surface area contributed by atoms with Crippen LogP contribution in [-0.2, 0) is 6.42 Å². The fraction of sp³-hybridized carbons (Fsp3) is 0.263. The third-order valence-corrected chi connectivity index (χ3v) is 4.78. The highest BCUT2D eigenvalue weighted by Crippen LogP contribution is 2.34. The number of carbonyl (C=O) groups excluding carboxylic acids is 1. The van der Waals surface area contributed by atoms with Gasteiger partial charge in [-0.3, -0.25) is 4.79 Å². The Kier molecular flexibility index (Phi) is 3.37. The Hall–Kier alpha value is -2.62. The lowest BCUT2D eigenvalue weighted by Crippen LogP contribution is -2.33. The van der Waals surface area contributed by atoms with Gasteiger partial charge in [-0.15, -0.1) is 0 Å². The Morgan fingerprint density at radius 1 is 1.22 bits per heavy atom. The Labute approximate surface area is 135 Å². The summed E-state index contributed by atoms with van der Waals surface area (Å²) in [4.78, 5) is 14.9. The summed E-state index contributed by atoms with van der Waals surface area (Å²) in [6, 6.07) is 14.4. The molecule has 0 saturated carbocycles. The largest absolute Gasteiger partial charge is 0.335 e. The molecule has 0 radical (unpaired) electrons. The van der Waals surface area contributed by atoms with Crippen LogP contribution in [0.15, 0.2) is 54.9 Å². The number of aromatic nitrogens is 2. The monoisotopic (exact) mass is 305 g/mol. The molecule has 2 aromatic heterocycles. The highest BCUT2D eigenvalue weighted by Gasteiger charge is 2.28. The quantitative estimate of drug-likeness (QED) is 0.727. The van der Waals surface area contributed by atoms with Gasteiger partial charge in [0.1, 0.15) is 0 Å². The lowest BCUT2D eigenvalue weighted by atomic mass is 9.87. The summed E-state index contributed by atoms with van der Waals surface area (Å²) in [5, 5.41) is 4.28. The third-order valence-electron chi connectivity index (χ3n) is 4.78. The molecule has 3 aromatic rings. The first-order chi connectivity index (χ1) is 11.3. The molecule has 1 atom stereocenters. The molecule has 4 nitrogen and oxygen atoms in total. The zero-order valence-electron chi connectivity index (χ0n) is 13.1. The molecule has 1 aromatic carbocycles. The van der Waals surface area contributed by atoms with Crippen molar-refractivity contribution in [1.29, 1.82) is 0 Å². The van der Waals surface area contributed by atoms with Gasteiger partial charge < -0.3 is 4.90 Å². The second-order valence-corrected chi connectivity index (χ2v) is 6.11. The summed E-state index contributed by atoms with van der Waals surface area (Å²) >= 11 is 0. The lowest BCUT2D eigenvalue weighted by molar-refractivity contribution is 0.0717. The van der Waals surface area contributed by atoms with E-state index in [4.69, 9.17) is 0 Å². The summed E-state index contributed by atoms with van der Waals surface area (Å²) in [7, 11) is 1.90. The number of fused-ring (bicyclic) bond motifs is 2. The fourth-order valence-corrected chi connectivity index (χ4v) is 3.56.